The fourth-order valence-corrected chi connectivity index (χ4v) is 7.64. The Morgan fingerprint density at radius 3 is 2.17 bits per heavy atom. The molecule has 1 unspecified atom stereocenters. The minimum Gasteiger partial charge on any atom is -0.349 e. The summed E-state index contributed by atoms with van der Waals surface area (Å²) in [6, 6.07) is -2.97. The van der Waals surface area contributed by atoms with Crippen LogP contribution >= 0.6 is 0 Å². The van der Waals surface area contributed by atoms with Crippen LogP contribution in [0.1, 0.15) is 129 Å². The Kier molecular flexibility index (Phi) is 13.3. The van der Waals surface area contributed by atoms with Crippen LogP contribution in [0, 0.1) is 30.1 Å². The molecule has 0 radical (unpaired) electrons. The van der Waals surface area contributed by atoms with Crippen LogP contribution < -0.4 is 21.3 Å². The van der Waals surface area contributed by atoms with Gasteiger partial charge in [0.05, 0.1) is 6.04 Å². The normalized spacial score (nSPS) is 28.0. The second-order valence-electron chi connectivity index (χ2n) is 14.6. The molecule has 2 heterocycles. The molecule has 4 N–H and O–H groups in total. The first-order valence-electron chi connectivity index (χ1n) is 18.1. The number of ketones is 1. The van der Waals surface area contributed by atoms with Gasteiger partial charge in [-0.25, -0.2) is 4.79 Å². The van der Waals surface area contributed by atoms with Gasteiger partial charge >= 0.3 is 6.03 Å². The smallest absolute Gasteiger partial charge is 0.315 e. The van der Waals surface area contributed by atoms with Gasteiger partial charge in [0.1, 0.15) is 12.1 Å². The number of hydrogen-bond donors (Lipinski definition) is 4. The molecule has 4 fully saturated rings. The molecule has 0 bridgehead atoms. The molecule has 5 amide bonds. The highest BCUT2D eigenvalue weighted by molar-refractivity contribution is 6.38. The number of nitrogens with zero attached hydrogens (tertiary/aromatic N) is 1. The summed E-state index contributed by atoms with van der Waals surface area (Å²) in [6.07, 6.45) is 21.0. The summed E-state index contributed by atoms with van der Waals surface area (Å²) in [4.78, 5) is 69.4. The molecule has 2 saturated heterocycles. The maximum atomic E-state index is 14.3. The van der Waals surface area contributed by atoms with Crippen molar-refractivity contribution in [2.75, 3.05) is 13.1 Å². The van der Waals surface area contributed by atoms with E-state index in [1.165, 1.54) is 0 Å². The van der Waals surface area contributed by atoms with E-state index in [9.17, 15) is 24.0 Å². The van der Waals surface area contributed by atoms with Gasteiger partial charge in [0.15, 0.2) is 0 Å². The van der Waals surface area contributed by atoms with Crippen molar-refractivity contribution in [3.63, 3.8) is 0 Å². The second-order valence-corrected chi connectivity index (χ2v) is 14.6. The Morgan fingerprint density at radius 2 is 1.54 bits per heavy atom. The van der Waals surface area contributed by atoms with Gasteiger partial charge in [-0.3, -0.25) is 19.2 Å². The lowest BCUT2D eigenvalue weighted by Crippen LogP contribution is -2.61. The van der Waals surface area contributed by atoms with E-state index in [-0.39, 0.29) is 29.3 Å². The highest BCUT2D eigenvalue weighted by Gasteiger charge is 2.45. The maximum absolute atomic E-state index is 14.3. The third-order valence-corrected chi connectivity index (χ3v) is 10.9. The van der Waals surface area contributed by atoms with E-state index in [4.69, 9.17) is 6.42 Å². The third-order valence-electron chi connectivity index (χ3n) is 10.9. The molecule has 4 rings (SSSR count). The van der Waals surface area contributed by atoms with Gasteiger partial charge < -0.3 is 26.2 Å². The van der Waals surface area contributed by atoms with E-state index in [2.05, 4.69) is 41.0 Å². The van der Waals surface area contributed by atoms with Crippen molar-refractivity contribution < 1.29 is 24.0 Å². The molecule has 10 heteroatoms. The molecular weight excluding hydrogens is 582 g/mol. The van der Waals surface area contributed by atoms with Crippen LogP contribution in [0.5, 0.6) is 0 Å². The molecule has 10 nitrogen and oxygen atoms in total. The molecule has 0 spiro atoms. The number of carbonyl (C=O) groups excluding carboxylic acids is 5. The summed E-state index contributed by atoms with van der Waals surface area (Å²) < 4.78 is 0. The van der Waals surface area contributed by atoms with Gasteiger partial charge in [0, 0.05) is 31.0 Å². The molecular formula is C36H57N5O5. The first-order chi connectivity index (χ1) is 22.1. The standard InChI is InChI=1S/C36H57N5O5/c1-4-15-27-20-23-41-30(27)32(43)38-28(31(42)33(44)37-24-26-18-19-26)16-11-8-6-5-7-9-12-17-29(34(41)45)39-35(46)40-36(25(2)3)21-13-10-14-22-36/h1,25-30H,5-24H2,2-3H3,(H,37,44)(H,38,43)(H2,39,40,46)/t27-,28-,29-,30?/m0/s1. The van der Waals surface area contributed by atoms with Crippen LogP contribution in [0.3, 0.4) is 0 Å². The number of amides is 5. The lowest BCUT2D eigenvalue weighted by Gasteiger charge is -2.42. The van der Waals surface area contributed by atoms with Gasteiger partial charge in [-0.1, -0.05) is 78.1 Å². The van der Waals surface area contributed by atoms with Crippen LogP contribution in [-0.4, -0.2) is 71.2 Å². The quantitative estimate of drug-likeness (QED) is 0.231. The predicted octanol–water partition coefficient (Wildman–Crippen LogP) is 4.36. The summed E-state index contributed by atoms with van der Waals surface area (Å²) in [6.45, 7) is 5.08. The second kappa shape index (κ2) is 17.2. The van der Waals surface area contributed by atoms with Crippen LogP contribution in [0.4, 0.5) is 4.79 Å². The van der Waals surface area contributed by atoms with Crippen LogP contribution in [0.15, 0.2) is 0 Å². The summed E-state index contributed by atoms with van der Waals surface area (Å²) in [5.74, 6) is 0.988. The molecule has 2 aliphatic carbocycles. The fourth-order valence-electron chi connectivity index (χ4n) is 7.64. The molecule has 2 saturated carbocycles. The SMILES string of the molecule is C#CC[C@H]1CCN2C(=O)[C@@H](NC(=O)NC3(C(C)C)CCCCC3)CCCCCCCCC[C@@H](C(=O)C(=O)NCC3CC3)NC(=O)C12. The van der Waals surface area contributed by atoms with Crippen molar-refractivity contribution in [3.05, 3.63) is 0 Å². The monoisotopic (exact) mass is 639 g/mol. The summed E-state index contributed by atoms with van der Waals surface area (Å²) in [5.41, 5.74) is -0.301. The van der Waals surface area contributed by atoms with E-state index in [0.717, 1.165) is 83.5 Å². The summed E-state index contributed by atoms with van der Waals surface area (Å²) in [7, 11) is 0. The molecule has 256 valence electrons. The predicted molar refractivity (Wildman–Crippen MR) is 177 cm³/mol. The number of urea groups is 1. The van der Waals surface area contributed by atoms with Crippen molar-refractivity contribution in [1.29, 1.82) is 0 Å². The zero-order valence-corrected chi connectivity index (χ0v) is 28.2. The number of nitrogens with one attached hydrogen (secondary N) is 4. The van der Waals surface area contributed by atoms with Crippen molar-refractivity contribution >= 4 is 29.5 Å². The number of hydrogen-bond acceptors (Lipinski definition) is 5. The zero-order chi connectivity index (χ0) is 33.1. The van der Waals surface area contributed by atoms with Crippen molar-refractivity contribution in [3.8, 4) is 12.3 Å². The Bertz CT molecular complexity index is 1120. The third kappa shape index (κ3) is 9.71. The number of Topliss-reactive ketones (excluding diaryl/α,β-unsaturated/α-hetero) is 1. The highest BCUT2D eigenvalue weighted by atomic mass is 16.2. The van der Waals surface area contributed by atoms with Gasteiger partial charge in [0.25, 0.3) is 5.91 Å². The van der Waals surface area contributed by atoms with E-state index >= 15 is 0 Å². The average molecular weight is 640 g/mol. The van der Waals surface area contributed by atoms with Crippen molar-refractivity contribution in [2.45, 2.75) is 153 Å². The molecule has 0 aromatic rings. The maximum Gasteiger partial charge on any atom is 0.315 e. The topological polar surface area (TPSA) is 137 Å². The minimum absolute atomic E-state index is 0.258. The lowest BCUT2D eigenvalue weighted by molar-refractivity contribution is -0.143. The Hall–Kier alpha value is -3.09. The molecule has 0 aromatic carbocycles. The van der Waals surface area contributed by atoms with E-state index in [1.54, 1.807) is 4.90 Å². The lowest BCUT2D eigenvalue weighted by atomic mass is 9.74. The van der Waals surface area contributed by atoms with Gasteiger partial charge in [-0.2, -0.15) is 0 Å². The molecule has 4 atom stereocenters. The number of rotatable bonds is 8. The molecule has 4 aliphatic rings. The first kappa shape index (κ1) is 35.8. The Morgan fingerprint density at radius 1 is 0.913 bits per heavy atom. The van der Waals surface area contributed by atoms with Crippen LogP contribution in [0.25, 0.3) is 0 Å². The van der Waals surface area contributed by atoms with Gasteiger partial charge in [-0.05, 0) is 56.8 Å². The van der Waals surface area contributed by atoms with Gasteiger partial charge in [-0.15, -0.1) is 12.3 Å². The number of fused-ring (bicyclic) bond motifs is 1. The zero-order valence-electron chi connectivity index (χ0n) is 28.2. The average Bonchev–Trinajstić information content (AvgIpc) is 3.78. The van der Waals surface area contributed by atoms with E-state index < -0.39 is 35.7 Å². The van der Waals surface area contributed by atoms with Crippen molar-refractivity contribution in [1.82, 2.24) is 26.2 Å². The highest BCUT2D eigenvalue weighted by Crippen LogP contribution is 2.34. The van der Waals surface area contributed by atoms with Crippen LogP contribution in [-0.2, 0) is 19.2 Å². The molecule has 46 heavy (non-hydrogen) atoms. The Labute approximate surface area is 275 Å². The van der Waals surface area contributed by atoms with E-state index in [1.807, 2.05) is 0 Å². The van der Waals surface area contributed by atoms with E-state index in [0.29, 0.717) is 51.1 Å². The Balaban J connectivity index is 1.53. The van der Waals surface area contributed by atoms with Gasteiger partial charge in [0.2, 0.25) is 17.6 Å². The number of carbonyl (C=O) groups is 5. The largest absolute Gasteiger partial charge is 0.349 e. The number of terminal acetylenes is 1. The summed E-state index contributed by atoms with van der Waals surface area (Å²) >= 11 is 0. The molecule has 2 aliphatic heterocycles. The molecule has 0 aromatic heterocycles. The van der Waals surface area contributed by atoms with Crippen molar-refractivity contribution in [2.24, 2.45) is 17.8 Å². The minimum atomic E-state index is -0.967. The first-order valence-corrected chi connectivity index (χ1v) is 18.1. The summed E-state index contributed by atoms with van der Waals surface area (Å²) in [5, 5.41) is 11.9. The van der Waals surface area contributed by atoms with Crippen LogP contribution in [0.2, 0.25) is 0 Å². The fraction of sp³-hybridized carbons (Fsp3) is 0.806.